The monoisotopic (exact) mass is 362 g/mol. The molecule has 0 spiro atoms. The number of hydrogen-bond acceptors (Lipinski definition) is 3. The van der Waals surface area contributed by atoms with Gasteiger partial charge in [-0.05, 0) is 56.1 Å². The van der Waals surface area contributed by atoms with Crippen molar-refractivity contribution in [2.45, 2.75) is 31.9 Å². The summed E-state index contributed by atoms with van der Waals surface area (Å²) in [6.07, 6.45) is -0.687. The van der Waals surface area contributed by atoms with Crippen molar-refractivity contribution >= 4 is 17.3 Å². The van der Waals surface area contributed by atoms with Crippen molar-refractivity contribution in [3.63, 3.8) is 0 Å². The lowest BCUT2D eigenvalue weighted by Gasteiger charge is -2.32. The number of alkyl halides is 3. The van der Waals surface area contributed by atoms with Gasteiger partial charge >= 0.3 is 6.18 Å². The summed E-state index contributed by atoms with van der Waals surface area (Å²) < 4.78 is 37.0. The lowest BCUT2D eigenvalue weighted by Crippen LogP contribution is -2.40. The van der Waals surface area contributed by atoms with E-state index in [9.17, 15) is 13.2 Å². The molecular weight excluding hydrogens is 337 g/mol. The summed E-state index contributed by atoms with van der Waals surface area (Å²) in [5, 5.41) is 5.14. The summed E-state index contributed by atoms with van der Waals surface area (Å²) in [5.41, 5.74) is 5.83. The van der Waals surface area contributed by atoms with Crippen molar-refractivity contribution < 1.29 is 13.2 Å². The summed E-state index contributed by atoms with van der Waals surface area (Å²) in [6, 6.07) is 4.11. The van der Waals surface area contributed by atoms with Crippen molar-refractivity contribution in [2.24, 2.45) is 16.6 Å². The van der Waals surface area contributed by atoms with E-state index in [4.69, 9.17) is 5.73 Å². The topological polar surface area (TPSA) is 53.6 Å². The van der Waals surface area contributed by atoms with Gasteiger partial charge in [-0.25, -0.2) is 0 Å². The Kier molecular flexibility index (Phi) is 7.36. The molecule has 0 amide bonds. The van der Waals surface area contributed by atoms with E-state index in [-0.39, 0.29) is 0 Å². The minimum atomic E-state index is -4.10. The van der Waals surface area contributed by atoms with Gasteiger partial charge in [0.2, 0.25) is 0 Å². The van der Waals surface area contributed by atoms with E-state index >= 15 is 0 Å². The lowest BCUT2D eigenvalue weighted by molar-refractivity contribution is -0.148. The average molecular weight is 362 g/mol. The van der Waals surface area contributed by atoms with Crippen LogP contribution in [0.3, 0.4) is 0 Å². The molecule has 0 saturated carbocycles. The summed E-state index contributed by atoms with van der Waals surface area (Å²) in [6.45, 7) is 1.62. The highest BCUT2D eigenvalue weighted by Crippen LogP contribution is 2.24. The Morgan fingerprint density at radius 2 is 2.12 bits per heavy atom. The van der Waals surface area contributed by atoms with Crippen LogP contribution in [0.1, 0.15) is 24.1 Å². The number of likely N-dealkylation sites (tertiary alicyclic amines) is 1. The molecule has 0 atom stereocenters. The quantitative estimate of drug-likeness (QED) is 0.579. The van der Waals surface area contributed by atoms with Crippen molar-refractivity contribution in [2.75, 3.05) is 32.7 Å². The molecule has 1 aliphatic heterocycles. The first-order valence-corrected chi connectivity index (χ1v) is 9.15. The van der Waals surface area contributed by atoms with E-state index in [0.717, 1.165) is 32.2 Å². The Morgan fingerprint density at radius 3 is 2.75 bits per heavy atom. The maximum absolute atomic E-state index is 12.3. The van der Waals surface area contributed by atoms with Crippen LogP contribution in [-0.4, -0.2) is 49.8 Å². The standard InChI is InChI=1S/C16H25F3N4S/c17-16(18,19)12-23-9-5-13(6-10-23)3-7-21-15(20)22-8-4-14-2-1-11-24-14/h1-2,11,13H,3-10,12H2,(H3,20,21,22). The van der Waals surface area contributed by atoms with Gasteiger partial charge in [-0.3, -0.25) is 9.89 Å². The summed E-state index contributed by atoms with van der Waals surface area (Å²) >= 11 is 1.72. The van der Waals surface area contributed by atoms with Gasteiger partial charge in [-0.15, -0.1) is 11.3 Å². The van der Waals surface area contributed by atoms with Crippen LogP contribution in [0.25, 0.3) is 0 Å². The predicted octanol–water partition coefficient (Wildman–Crippen LogP) is 2.86. The van der Waals surface area contributed by atoms with Gasteiger partial charge in [0.1, 0.15) is 0 Å². The summed E-state index contributed by atoms with van der Waals surface area (Å²) in [5.74, 6) is 0.887. The van der Waals surface area contributed by atoms with Crippen LogP contribution >= 0.6 is 11.3 Å². The lowest BCUT2D eigenvalue weighted by atomic mass is 9.93. The maximum Gasteiger partial charge on any atom is 0.401 e. The Hall–Kier alpha value is -1.28. The van der Waals surface area contributed by atoms with Crippen LogP contribution < -0.4 is 11.1 Å². The Labute approximate surface area is 144 Å². The first kappa shape index (κ1) is 19.1. The van der Waals surface area contributed by atoms with Gasteiger partial charge in [-0.1, -0.05) is 6.07 Å². The highest BCUT2D eigenvalue weighted by Gasteiger charge is 2.32. The van der Waals surface area contributed by atoms with Gasteiger partial charge in [0.25, 0.3) is 0 Å². The fraction of sp³-hybridized carbons (Fsp3) is 0.688. The third kappa shape index (κ3) is 7.53. The Balaban J connectivity index is 1.56. The molecule has 0 aliphatic carbocycles. The molecule has 2 heterocycles. The maximum atomic E-state index is 12.3. The molecule has 8 heteroatoms. The van der Waals surface area contributed by atoms with E-state index in [1.54, 1.807) is 11.3 Å². The average Bonchev–Trinajstić information content (AvgIpc) is 3.01. The molecule has 24 heavy (non-hydrogen) atoms. The largest absolute Gasteiger partial charge is 0.401 e. The normalized spacial score (nSPS) is 18.0. The van der Waals surface area contributed by atoms with E-state index in [1.165, 1.54) is 9.78 Å². The van der Waals surface area contributed by atoms with Crippen molar-refractivity contribution in [3.05, 3.63) is 22.4 Å². The SMILES string of the molecule is NC(=NCCC1CCN(CC(F)(F)F)CC1)NCCc1cccs1. The minimum Gasteiger partial charge on any atom is -0.370 e. The predicted molar refractivity (Wildman–Crippen MR) is 92.4 cm³/mol. The van der Waals surface area contributed by atoms with Gasteiger partial charge in [-0.2, -0.15) is 13.2 Å². The molecule has 1 aromatic heterocycles. The second-order valence-electron chi connectivity index (χ2n) is 6.15. The van der Waals surface area contributed by atoms with Gasteiger partial charge in [0.05, 0.1) is 6.54 Å². The minimum absolute atomic E-state index is 0.442. The number of thiophene rings is 1. The van der Waals surface area contributed by atoms with Crippen LogP contribution in [0.4, 0.5) is 13.2 Å². The number of guanidine groups is 1. The molecule has 0 unspecified atom stereocenters. The molecule has 1 aromatic rings. The number of nitrogens with two attached hydrogens (primary N) is 1. The smallest absolute Gasteiger partial charge is 0.370 e. The Morgan fingerprint density at radius 1 is 1.38 bits per heavy atom. The molecule has 136 valence electrons. The second-order valence-corrected chi connectivity index (χ2v) is 7.18. The summed E-state index contributed by atoms with van der Waals surface area (Å²) in [4.78, 5) is 7.10. The molecule has 2 rings (SSSR count). The fourth-order valence-corrected chi connectivity index (χ4v) is 3.59. The Bertz CT molecular complexity index is 494. The summed E-state index contributed by atoms with van der Waals surface area (Å²) in [7, 11) is 0. The molecule has 0 bridgehead atoms. The number of piperidine rings is 1. The van der Waals surface area contributed by atoms with E-state index < -0.39 is 12.7 Å². The molecule has 3 N–H and O–H groups in total. The first-order valence-electron chi connectivity index (χ1n) is 8.27. The van der Waals surface area contributed by atoms with Crippen LogP contribution in [0.2, 0.25) is 0 Å². The molecule has 4 nitrogen and oxygen atoms in total. The molecular formula is C16H25F3N4S. The van der Waals surface area contributed by atoms with Gasteiger partial charge in [0, 0.05) is 18.0 Å². The van der Waals surface area contributed by atoms with Crippen LogP contribution in [-0.2, 0) is 6.42 Å². The van der Waals surface area contributed by atoms with E-state index in [0.29, 0.717) is 31.5 Å². The van der Waals surface area contributed by atoms with E-state index in [1.807, 2.05) is 11.4 Å². The third-order valence-corrected chi connectivity index (χ3v) is 5.12. The second kappa shape index (κ2) is 9.27. The molecule has 1 saturated heterocycles. The number of nitrogens with one attached hydrogen (secondary N) is 1. The van der Waals surface area contributed by atoms with E-state index in [2.05, 4.69) is 16.4 Å². The fourth-order valence-electron chi connectivity index (χ4n) is 2.88. The zero-order valence-electron chi connectivity index (χ0n) is 13.7. The number of rotatable bonds is 7. The van der Waals surface area contributed by atoms with Crippen LogP contribution in [0.15, 0.2) is 22.5 Å². The zero-order valence-corrected chi connectivity index (χ0v) is 14.5. The first-order chi connectivity index (χ1) is 11.4. The molecule has 0 radical (unpaired) electrons. The zero-order chi connectivity index (χ0) is 17.4. The van der Waals surface area contributed by atoms with Crippen LogP contribution in [0, 0.1) is 5.92 Å². The van der Waals surface area contributed by atoms with Crippen LogP contribution in [0.5, 0.6) is 0 Å². The third-order valence-electron chi connectivity index (χ3n) is 4.19. The van der Waals surface area contributed by atoms with Crippen molar-refractivity contribution in [1.29, 1.82) is 0 Å². The number of aliphatic imine (C=N–C) groups is 1. The van der Waals surface area contributed by atoms with Gasteiger partial charge < -0.3 is 11.1 Å². The number of halogens is 3. The molecule has 0 aromatic carbocycles. The molecule has 1 aliphatic rings. The highest BCUT2D eigenvalue weighted by molar-refractivity contribution is 7.09. The highest BCUT2D eigenvalue weighted by atomic mass is 32.1. The van der Waals surface area contributed by atoms with Gasteiger partial charge in [0.15, 0.2) is 5.96 Å². The van der Waals surface area contributed by atoms with Crippen molar-refractivity contribution in [1.82, 2.24) is 10.2 Å². The number of hydrogen-bond donors (Lipinski definition) is 2. The van der Waals surface area contributed by atoms with Crippen molar-refractivity contribution in [3.8, 4) is 0 Å². The number of nitrogens with zero attached hydrogens (tertiary/aromatic N) is 2. The molecule has 1 fully saturated rings.